The Balaban J connectivity index is 1.84. The van der Waals surface area contributed by atoms with Gasteiger partial charge in [0.15, 0.2) is 0 Å². The van der Waals surface area contributed by atoms with E-state index in [0.29, 0.717) is 19.8 Å². The maximum Gasteiger partial charge on any atom is 0.223 e. The van der Waals surface area contributed by atoms with Crippen LogP contribution in [0.2, 0.25) is 0 Å². The molecule has 0 spiro atoms. The normalized spacial score (nSPS) is 17.9. The first-order valence-electron chi connectivity index (χ1n) is 6.74. The number of hydrogen-bond acceptors (Lipinski definition) is 3. The van der Waals surface area contributed by atoms with Crippen LogP contribution >= 0.6 is 0 Å². The van der Waals surface area contributed by atoms with E-state index < -0.39 is 0 Å². The molecule has 4 heteroatoms. The van der Waals surface area contributed by atoms with Crippen LogP contribution in [0.1, 0.15) is 24.5 Å². The lowest BCUT2D eigenvalue weighted by atomic mass is 9.99. The summed E-state index contributed by atoms with van der Waals surface area (Å²) in [5.41, 5.74) is 1.08. The molecular weight excluding hydrogens is 242 g/mol. The molecule has 19 heavy (non-hydrogen) atoms. The third-order valence-corrected chi connectivity index (χ3v) is 3.51. The highest BCUT2D eigenvalue weighted by Crippen LogP contribution is 2.17. The molecule has 1 unspecified atom stereocenters. The second kappa shape index (κ2) is 7.26. The molecule has 104 valence electrons. The highest BCUT2D eigenvalue weighted by Gasteiger charge is 2.22. The van der Waals surface area contributed by atoms with E-state index in [-0.39, 0.29) is 17.9 Å². The topological polar surface area (TPSA) is 47.6 Å². The van der Waals surface area contributed by atoms with Crippen molar-refractivity contribution in [3.05, 3.63) is 35.9 Å². The molecule has 1 saturated heterocycles. The third-order valence-electron chi connectivity index (χ3n) is 3.51. The molecule has 1 atom stereocenters. The average Bonchev–Trinajstić information content (AvgIpc) is 2.49. The third kappa shape index (κ3) is 4.04. The van der Waals surface area contributed by atoms with Crippen molar-refractivity contribution in [1.29, 1.82) is 0 Å². The van der Waals surface area contributed by atoms with Gasteiger partial charge in [0.25, 0.3) is 0 Å². The predicted molar refractivity (Wildman–Crippen MR) is 72.7 cm³/mol. The second-order valence-electron chi connectivity index (χ2n) is 4.77. The fourth-order valence-corrected chi connectivity index (χ4v) is 2.30. The summed E-state index contributed by atoms with van der Waals surface area (Å²) < 4.78 is 10.7. The SMILES string of the molecule is COC(CNC(=O)C1CCOCC1)c1ccccc1. The van der Waals surface area contributed by atoms with E-state index in [1.54, 1.807) is 7.11 Å². The Morgan fingerprint density at radius 1 is 1.37 bits per heavy atom. The zero-order valence-corrected chi connectivity index (χ0v) is 11.3. The lowest BCUT2D eigenvalue weighted by molar-refractivity contribution is -0.128. The van der Waals surface area contributed by atoms with E-state index in [9.17, 15) is 4.79 Å². The number of carbonyl (C=O) groups excluding carboxylic acids is 1. The number of hydrogen-bond donors (Lipinski definition) is 1. The summed E-state index contributed by atoms with van der Waals surface area (Å²) in [6, 6.07) is 9.93. The Hall–Kier alpha value is -1.39. The van der Waals surface area contributed by atoms with Gasteiger partial charge in [-0.1, -0.05) is 30.3 Å². The van der Waals surface area contributed by atoms with Gasteiger partial charge in [-0.05, 0) is 18.4 Å². The van der Waals surface area contributed by atoms with Crippen LogP contribution in [-0.2, 0) is 14.3 Å². The maximum atomic E-state index is 12.0. The van der Waals surface area contributed by atoms with Crippen molar-refractivity contribution >= 4 is 5.91 Å². The van der Waals surface area contributed by atoms with Gasteiger partial charge in [-0.2, -0.15) is 0 Å². The fourth-order valence-electron chi connectivity index (χ4n) is 2.30. The maximum absolute atomic E-state index is 12.0. The van der Waals surface area contributed by atoms with E-state index in [1.807, 2.05) is 30.3 Å². The molecule has 1 aliphatic rings. The molecular formula is C15H21NO3. The van der Waals surface area contributed by atoms with Crippen molar-refractivity contribution in [2.24, 2.45) is 5.92 Å². The summed E-state index contributed by atoms with van der Waals surface area (Å²) in [6.07, 6.45) is 1.54. The first-order valence-corrected chi connectivity index (χ1v) is 6.74. The van der Waals surface area contributed by atoms with Crippen molar-refractivity contribution in [3.8, 4) is 0 Å². The van der Waals surface area contributed by atoms with Gasteiger partial charge in [-0.15, -0.1) is 0 Å². The summed E-state index contributed by atoms with van der Waals surface area (Å²) in [4.78, 5) is 12.0. The number of methoxy groups -OCH3 is 1. The number of nitrogens with one attached hydrogen (secondary N) is 1. The monoisotopic (exact) mass is 263 g/mol. The van der Waals surface area contributed by atoms with E-state index in [0.717, 1.165) is 18.4 Å². The number of ether oxygens (including phenoxy) is 2. The Kier molecular flexibility index (Phi) is 5.36. The predicted octanol–water partition coefficient (Wildman–Crippen LogP) is 1.92. The van der Waals surface area contributed by atoms with Gasteiger partial charge in [-0.3, -0.25) is 4.79 Å². The highest BCUT2D eigenvalue weighted by atomic mass is 16.5. The van der Waals surface area contributed by atoms with Crippen LogP contribution in [0.5, 0.6) is 0 Å². The highest BCUT2D eigenvalue weighted by molar-refractivity contribution is 5.78. The molecule has 1 fully saturated rings. The lowest BCUT2D eigenvalue weighted by Crippen LogP contribution is -2.36. The Bertz CT molecular complexity index is 388. The first kappa shape index (κ1) is 14.0. The summed E-state index contributed by atoms with van der Waals surface area (Å²) >= 11 is 0. The van der Waals surface area contributed by atoms with Gasteiger partial charge in [0.1, 0.15) is 0 Å². The standard InChI is InChI=1S/C15H21NO3/c1-18-14(12-5-3-2-4-6-12)11-16-15(17)13-7-9-19-10-8-13/h2-6,13-14H,7-11H2,1H3,(H,16,17). The molecule has 4 nitrogen and oxygen atoms in total. The molecule has 0 aliphatic carbocycles. The minimum Gasteiger partial charge on any atom is -0.381 e. The zero-order valence-electron chi connectivity index (χ0n) is 11.3. The van der Waals surface area contributed by atoms with Crippen molar-refractivity contribution in [3.63, 3.8) is 0 Å². The summed E-state index contributed by atoms with van der Waals surface area (Å²) in [5, 5.41) is 2.98. The Morgan fingerprint density at radius 3 is 2.68 bits per heavy atom. The largest absolute Gasteiger partial charge is 0.381 e. The number of benzene rings is 1. The molecule has 1 aromatic carbocycles. The van der Waals surface area contributed by atoms with Crippen molar-refractivity contribution in [1.82, 2.24) is 5.32 Å². The summed E-state index contributed by atoms with van der Waals surface area (Å²) in [6.45, 7) is 1.88. The number of carbonyl (C=O) groups is 1. The van der Waals surface area contributed by atoms with E-state index in [2.05, 4.69) is 5.32 Å². The van der Waals surface area contributed by atoms with Gasteiger partial charge in [0, 0.05) is 32.8 Å². The minimum atomic E-state index is -0.0926. The van der Waals surface area contributed by atoms with Crippen molar-refractivity contribution in [2.45, 2.75) is 18.9 Å². The van der Waals surface area contributed by atoms with Crippen LogP contribution in [0, 0.1) is 5.92 Å². The van der Waals surface area contributed by atoms with Crippen LogP contribution in [0.3, 0.4) is 0 Å². The first-order chi connectivity index (χ1) is 9.31. The number of rotatable bonds is 5. The lowest BCUT2D eigenvalue weighted by Gasteiger charge is -2.23. The van der Waals surface area contributed by atoms with Gasteiger partial charge >= 0.3 is 0 Å². The smallest absolute Gasteiger partial charge is 0.223 e. The fraction of sp³-hybridized carbons (Fsp3) is 0.533. The quantitative estimate of drug-likeness (QED) is 0.883. The van der Waals surface area contributed by atoms with Gasteiger partial charge in [0.2, 0.25) is 5.91 Å². The second-order valence-corrected chi connectivity index (χ2v) is 4.77. The molecule has 0 saturated carbocycles. The average molecular weight is 263 g/mol. The van der Waals surface area contributed by atoms with Gasteiger partial charge in [-0.25, -0.2) is 0 Å². The van der Waals surface area contributed by atoms with Crippen LogP contribution < -0.4 is 5.32 Å². The number of amides is 1. The molecule has 2 rings (SSSR count). The molecule has 1 amide bonds. The van der Waals surface area contributed by atoms with Gasteiger partial charge in [0.05, 0.1) is 6.10 Å². The van der Waals surface area contributed by atoms with Crippen LogP contribution in [0.4, 0.5) is 0 Å². The molecule has 1 N–H and O–H groups in total. The zero-order chi connectivity index (χ0) is 13.5. The molecule has 0 radical (unpaired) electrons. The molecule has 1 heterocycles. The van der Waals surface area contributed by atoms with E-state index in [4.69, 9.17) is 9.47 Å². The van der Waals surface area contributed by atoms with Crippen molar-refractivity contribution in [2.75, 3.05) is 26.9 Å². The van der Waals surface area contributed by atoms with Gasteiger partial charge < -0.3 is 14.8 Å². The Morgan fingerprint density at radius 2 is 2.05 bits per heavy atom. The van der Waals surface area contributed by atoms with Crippen LogP contribution in [0.25, 0.3) is 0 Å². The van der Waals surface area contributed by atoms with Crippen LogP contribution in [0.15, 0.2) is 30.3 Å². The molecule has 0 bridgehead atoms. The minimum absolute atomic E-state index is 0.0852. The van der Waals surface area contributed by atoms with Crippen LogP contribution in [-0.4, -0.2) is 32.8 Å². The van der Waals surface area contributed by atoms with E-state index in [1.165, 1.54) is 0 Å². The molecule has 1 aromatic rings. The summed E-state index contributed by atoms with van der Waals surface area (Å²) in [5.74, 6) is 0.198. The Labute approximate surface area is 114 Å². The molecule has 0 aromatic heterocycles. The van der Waals surface area contributed by atoms with Crippen molar-refractivity contribution < 1.29 is 14.3 Å². The molecule has 1 aliphatic heterocycles. The van der Waals surface area contributed by atoms with E-state index >= 15 is 0 Å². The summed E-state index contributed by atoms with van der Waals surface area (Å²) in [7, 11) is 1.66.